The van der Waals surface area contributed by atoms with Crippen LogP contribution in [0.3, 0.4) is 0 Å². The average molecular weight is 553 g/mol. The van der Waals surface area contributed by atoms with Crippen LogP contribution in [0.25, 0.3) is 59.9 Å². The van der Waals surface area contributed by atoms with Gasteiger partial charge in [0.2, 0.25) is 0 Å². The monoisotopic (exact) mass is 552 g/mol. The molecule has 1 unspecified atom stereocenters. The molecule has 0 bridgehead atoms. The molecule has 9 rings (SSSR count). The Bertz CT molecular complexity index is 2480. The lowest BCUT2D eigenvalue weighted by atomic mass is 10.0. The fraction of sp³-hybridized carbons (Fsp3) is 0. The van der Waals surface area contributed by atoms with Crippen molar-refractivity contribution in [2.24, 2.45) is 0 Å². The van der Waals surface area contributed by atoms with E-state index in [9.17, 15) is 0 Å². The highest BCUT2D eigenvalue weighted by Crippen LogP contribution is 2.37. The third-order valence-corrected chi connectivity index (χ3v) is 10.9. The van der Waals surface area contributed by atoms with Crippen molar-refractivity contribution in [1.82, 2.24) is 9.38 Å². The highest BCUT2D eigenvalue weighted by molar-refractivity contribution is 7.79. The standard InChI is InChI=1S/C39H25N2P/c1-2-11-28(12-3-1)42(29-21-20-27-19-18-26-10-4-5-13-31(26)35(27)24-29)30-22-23-36-38(25-30)41-37-17-9-8-15-33(37)32-14-6-7-16-34(32)39(41)40-36/h1-25H. The van der Waals surface area contributed by atoms with Crippen molar-refractivity contribution in [2.75, 3.05) is 0 Å². The first-order valence-corrected chi connectivity index (χ1v) is 15.7. The number of benzene rings is 7. The predicted molar refractivity (Wildman–Crippen MR) is 181 cm³/mol. The zero-order chi connectivity index (χ0) is 27.6. The number of pyridine rings is 1. The van der Waals surface area contributed by atoms with E-state index in [1.54, 1.807) is 0 Å². The van der Waals surface area contributed by atoms with E-state index in [0.29, 0.717) is 0 Å². The van der Waals surface area contributed by atoms with E-state index < -0.39 is 7.92 Å². The first-order valence-electron chi connectivity index (χ1n) is 14.3. The van der Waals surface area contributed by atoms with Gasteiger partial charge in [-0.05, 0) is 75.0 Å². The molecule has 2 nitrogen and oxygen atoms in total. The Morgan fingerprint density at radius 3 is 1.88 bits per heavy atom. The average Bonchev–Trinajstić information content (AvgIpc) is 3.45. The van der Waals surface area contributed by atoms with E-state index in [1.165, 1.54) is 59.1 Å². The summed E-state index contributed by atoms with van der Waals surface area (Å²) >= 11 is 0. The van der Waals surface area contributed by atoms with Gasteiger partial charge < -0.3 is 0 Å². The van der Waals surface area contributed by atoms with E-state index in [4.69, 9.17) is 4.98 Å². The SMILES string of the molecule is c1ccc(P(c2ccc3ccc4ccccc4c3c2)c2ccc3nc4c5ccccc5c5ccccc5n4c3c2)cc1. The lowest BCUT2D eigenvalue weighted by Gasteiger charge is -2.20. The molecule has 0 aliphatic carbocycles. The van der Waals surface area contributed by atoms with Gasteiger partial charge in [-0.25, -0.2) is 4.98 Å². The fourth-order valence-electron chi connectivity index (χ4n) is 6.59. The number of hydrogen-bond donors (Lipinski definition) is 0. The lowest BCUT2D eigenvalue weighted by molar-refractivity contribution is 1.32. The van der Waals surface area contributed by atoms with Gasteiger partial charge in [0, 0.05) is 10.8 Å². The Balaban J connectivity index is 1.34. The van der Waals surface area contributed by atoms with E-state index >= 15 is 0 Å². The predicted octanol–water partition coefficient (Wildman–Crippen LogP) is 8.86. The molecule has 3 heteroatoms. The third kappa shape index (κ3) is 3.52. The zero-order valence-electron chi connectivity index (χ0n) is 22.8. The van der Waals surface area contributed by atoms with Crippen LogP contribution in [0.4, 0.5) is 0 Å². The van der Waals surface area contributed by atoms with Crippen molar-refractivity contribution in [3.63, 3.8) is 0 Å². The number of fused-ring (bicyclic) bond motifs is 11. The molecule has 0 aliphatic heterocycles. The van der Waals surface area contributed by atoms with Gasteiger partial charge >= 0.3 is 0 Å². The Morgan fingerprint density at radius 1 is 0.405 bits per heavy atom. The van der Waals surface area contributed by atoms with Crippen LogP contribution in [0.15, 0.2) is 152 Å². The minimum atomic E-state index is -0.803. The number of para-hydroxylation sites is 1. The van der Waals surface area contributed by atoms with Gasteiger partial charge in [0.1, 0.15) is 5.65 Å². The Hall–Kier alpha value is -5.04. The number of hydrogen-bond acceptors (Lipinski definition) is 1. The maximum Gasteiger partial charge on any atom is 0.146 e. The molecule has 1 atom stereocenters. The van der Waals surface area contributed by atoms with Crippen molar-refractivity contribution < 1.29 is 0 Å². The van der Waals surface area contributed by atoms with Crippen molar-refractivity contribution in [3.8, 4) is 0 Å². The number of nitrogens with zero attached hydrogens (tertiary/aromatic N) is 2. The van der Waals surface area contributed by atoms with Crippen LogP contribution in [0.1, 0.15) is 0 Å². The van der Waals surface area contributed by atoms with E-state index in [0.717, 1.165) is 16.7 Å². The summed E-state index contributed by atoms with van der Waals surface area (Å²) in [5.74, 6) is 0. The zero-order valence-corrected chi connectivity index (χ0v) is 23.7. The Labute approximate surface area is 244 Å². The second kappa shape index (κ2) is 9.24. The number of aromatic nitrogens is 2. The smallest absolute Gasteiger partial charge is 0.146 e. The van der Waals surface area contributed by atoms with E-state index in [1.807, 2.05) is 0 Å². The normalized spacial score (nSPS) is 12.7. The number of imidazole rings is 1. The molecule has 196 valence electrons. The van der Waals surface area contributed by atoms with E-state index in [2.05, 4.69) is 156 Å². The molecule has 2 aromatic heterocycles. The molecule has 7 aromatic carbocycles. The summed E-state index contributed by atoms with van der Waals surface area (Å²) < 4.78 is 2.36. The van der Waals surface area contributed by atoms with Crippen molar-refractivity contribution in [2.45, 2.75) is 0 Å². The molecule has 0 saturated heterocycles. The van der Waals surface area contributed by atoms with Crippen LogP contribution in [0.5, 0.6) is 0 Å². The molecule has 0 fully saturated rings. The van der Waals surface area contributed by atoms with E-state index in [-0.39, 0.29) is 0 Å². The second-order valence-electron chi connectivity index (χ2n) is 10.9. The van der Waals surface area contributed by atoms with Gasteiger partial charge in [-0.1, -0.05) is 127 Å². The molecule has 0 amide bonds. The Kier molecular flexibility index (Phi) is 5.20. The number of rotatable bonds is 3. The Morgan fingerprint density at radius 2 is 1.02 bits per heavy atom. The first-order chi connectivity index (χ1) is 20.8. The summed E-state index contributed by atoms with van der Waals surface area (Å²) in [5, 5.41) is 12.8. The molecule has 0 aliphatic rings. The highest BCUT2D eigenvalue weighted by atomic mass is 31.1. The van der Waals surface area contributed by atoms with Crippen molar-refractivity contribution in [3.05, 3.63) is 152 Å². The minimum Gasteiger partial charge on any atom is -0.292 e. The maximum absolute atomic E-state index is 5.18. The first kappa shape index (κ1) is 23.6. The molecular formula is C39H25N2P. The van der Waals surface area contributed by atoms with Crippen LogP contribution in [-0.2, 0) is 0 Å². The summed E-state index contributed by atoms with van der Waals surface area (Å²) in [6.45, 7) is 0. The van der Waals surface area contributed by atoms with Crippen LogP contribution >= 0.6 is 7.92 Å². The van der Waals surface area contributed by atoms with Crippen LogP contribution in [0, 0.1) is 0 Å². The molecule has 0 saturated carbocycles. The summed E-state index contributed by atoms with van der Waals surface area (Å²) in [7, 11) is -0.803. The summed E-state index contributed by atoms with van der Waals surface area (Å²) in [4.78, 5) is 5.18. The largest absolute Gasteiger partial charge is 0.292 e. The molecule has 2 heterocycles. The lowest BCUT2D eigenvalue weighted by Crippen LogP contribution is -2.20. The molecule has 0 radical (unpaired) electrons. The van der Waals surface area contributed by atoms with Gasteiger partial charge in [0.05, 0.1) is 16.6 Å². The maximum atomic E-state index is 5.18. The highest BCUT2D eigenvalue weighted by Gasteiger charge is 2.20. The summed E-state index contributed by atoms with van der Waals surface area (Å²) in [6.07, 6.45) is 0. The molecule has 9 aromatic rings. The van der Waals surface area contributed by atoms with Gasteiger partial charge in [0.25, 0.3) is 0 Å². The molecule has 42 heavy (non-hydrogen) atoms. The molecular weight excluding hydrogens is 527 g/mol. The van der Waals surface area contributed by atoms with Crippen molar-refractivity contribution in [1.29, 1.82) is 0 Å². The fourth-order valence-corrected chi connectivity index (χ4v) is 8.91. The van der Waals surface area contributed by atoms with Gasteiger partial charge in [0.15, 0.2) is 0 Å². The van der Waals surface area contributed by atoms with Gasteiger partial charge in [-0.15, -0.1) is 0 Å². The minimum absolute atomic E-state index is 0.803. The van der Waals surface area contributed by atoms with Crippen molar-refractivity contribution >= 4 is 83.7 Å². The quantitative estimate of drug-likeness (QED) is 0.158. The summed E-state index contributed by atoms with van der Waals surface area (Å²) in [5.41, 5.74) is 4.37. The van der Waals surface area contributed by atoms with Crippen LogP contribution in [-0.4, -0.2) is 9.38 Å². The summed E-state index contributed by atoms with van der Waals surface area (Å²) in [6, 6.07) is 55.4. The molecule has 0 N–H and O–H groups in total. The van der Waals surface area contributed by atoms with Gasteiger partial charge in [-0.2, -0.15) is 0 Å². The third-order valence-electron chi connectivity index (χ3n) is 8.50. The van der Waals surface area contributed by atoms with Gasteiger partial charge in [-0.3, -0.25) is 4.40 Å². The topological polar surface area (TPSA) is 17.3 Å². The molecule has 0 spiro atoms. The van der Waals surface area contributed by atoms with Crippen LogP contribution < -0.4 is 15.9 Å². The van der Waals surface area contributed by atoms with Crippen LogP contribution in [0.2, 0.25) is 0 Å². The second-order valence-corrected chi connectivity index (χ2v) is 13.1.